The van der Waals surface area contributed by atoms with Gasteiger partial charge in [-0.15, -0.1) is 0 Å². The number of nitrogens with one attached hydrogen (secondary N) is 1. The first kappa shape index (κ1) is 11.7. The summed E-state index contributed by atoms with van der Waals surface area (Å²) in [5, 5.41) is 8.00. The average Bonchev–Trinajstić information content (AvgIpc) is 2.21. The molecule has 1 aliphatic heterocycles. The van der Waals surface area contributed by atoms with Crippen molar-refractivity contribution in [1.29, 1.82) is 0 Å². The third-order valence-corrected chi connectivity index (χ3v) is 2.46. The first-order valence-corrected chi connectivity index (χ1v) is 5.19. The zero-order chi connectivity index (χ0) is 11.4. The van der Waals surface area contributed by atoms with Crippen LogP contribution in [-0.2, 0) is 9.59 Å². The summed E-state index contributed by atoms with van der Waals surface area (Å²) >= 11 is 0. The van der Waals surface area contributed by atoms with Gasteiger partial charge in [-0.05, 0) is 13.3 Å². The molecule has 0 bridgehead atoms. The van der Waals surface area contributed by atoms with E-state index in [2.05, 4.69) is 10.4 Å². The first-order valence-electron chi connectivity index (χ1n) is 5.19. The van der Waals surface area contributed by atoms with E-state index >= 15 is 0 Å². The molecule has 5 nitrogen and oxygen atoms in total. The molecule has 0 saturated carbocycles. The van der Waals surface area contributed by atoms with Crippen LogP contribution in [0.1, 0.15) is 33.1 Å². The summed E-state index contributed by atoms with van der Waals surface area (Å²) < 4.78 is 0. The van der Waals surface area contributed by atoms with Crippen LogP contribution in [0.3, 0.4) is 0 Å². The maximum absolute atomic E-state index is 11.6. The van der Waals surface area contributed by atoms with Crippen molar-refractivity contribution < 1.29 is 9.59 Å². The maximum Gasteiger partial charge on any atom is 0.267 e. The zero-order valence-electron chi connectivity index (χ0n) is 9.41. The van der Waals surface area contributed by atoms with Crippen molar-refractivity contribution in [1.82, 2.24) is 10.3 Å². The van der Waals surface area contributed by atoms with Gasteiger partial charge in [0.1, 0.15) is 5.71 Å². The lowest BCUT2D eigenvalue weighted by molar-refractivity contribution is -0.130. The van der Waals surface area contributed by atoms with Gasteiger partial charge in [-0.2, -0.15) is 5.10 Å². The summed E-state index contributed by atoms with van der Waals surface area (Å²) in [5.41, 5.74) is 0.442. The SMILES string of the molecule is CC[C@@H](C)NC(=O)C1=NN(C)C(=O)CC1. The fraction of sp³-hybridized carbons (Fsp3) is 0.700. The van der Waals surface area contributed by atoms with Gasteiger partial charge in [0, 0.05) is 25.9 Å². The molecule has 84 valence electrons. The Labute approximate surface area is 89.5 Å². The highest BCUT2D eigenvalue weighted by Gasteiger charge is 2.22. The zero-order valence-corrected chi connectivity index (χ0v) is 9.41. The lowest BCUT2D eigenvalue weighted by Gasteiger charge is -2.20. The second-order valence-corrected chi connectivity index (χ2v) is 3.75. The molecular formula is C10H17N3O2. The van der Waals surface area contributed by atoms with E-state index in [-0.39, 0.29) is 17.9 Å². The number of carbonyl (C=O) groups is 2. The summed E-state index contributed by atoms with van der Waals surface area (Å²) in [7, 11) is 1.57. The van der Waals surface area contributed by atoms with Crippen LogP contribution in [0.15, 0.2) is 5.10 Å². The van der Waals surface area contributed by atoms with Gasteiger partial charge in [-0.1, -0.05) is 6.92 Å². The van der Waals surface area contributed by atoms with E-state index in [1.807, 2.05) is 13.8 Å². The smallest absolute Gasteiger partial charge is 0.267 e. The quantitative estimate of drug-likeness (QED) is 0.739. The van der Waals surface area contributed by atoms with E-state index in [0.29, 0.717) is 18.6 Å². The normalized spacial score (nSPS) is 18.5. The first-order chi connectivity index (χ1) is 7.04. The Morgan fingerprint density at radius 2 is 2.27 bits per heavy atom. The van der Waals surface area contributed by atoms with E-state index < -0.39 is 0 Å². The highest BCUT2D eigenvalue weighted by molar-refractivity contribution is 6.39. The molecule has 1 N–H and O–H groups in total. The lowest BCUT2D eigenvalue weighted by atomic mass is 10.1. The molecule has 2 amide bonds. The Morgan fingerprint density at radius 3 is 2.80 bits per heavy atom. The van der Waals surface area contributed by atoms with Gasteiger partial charge in [0.05, 0.1) is 0 Å². The van der Waals surface area contributed by atoms with Gasteiger partial charge in [0.25, 0.3) is 5.91 Å². The van der Waals surface area contributed by atoms with Crippen molar-refractivity contribution in [2.45, 2.75) is 39.2 Å². The van der Waals surface area contributed by atoms with Gasteiger partial charge >= 0.3 is 0 Å². The van der Waals surface area contributed by atoms with E-state index in [0.717, 1.165) is 6.42 Å². The molecule has 0 spiro atoms. The molecule has 1 atom stereocenters. The molecule has 0 aromatic rings. The van der Waals surface area contributed by atoms with Crippen molar-refractivity contribution in [3.8, 4) is 0 Å². The summed E-state index contributed by atoms with van der Waals surface area (Å²) in [6.45, 7) is 3.94. The van der Waals surface area contributed by atoms with Crippen LogP contribution >= 0.6 is 0 Å². The van der Waals surface area contributed by atoms with Crippen molar-refractivity contribution in [3.63, 3.8) is 0 Å². The number of hydrazone groups is 1. The minimum Gasteiger partial charge on any atom is -0.348 e. The molecule has 1 rings (SSSR count). The van der Waals surface area contributed by atoms with Crippen molar-refractivity contribution in [3.05, 3.63) is 0 Å². The summed E-state index contributed by atoms with van der Waals surface area (Å²) in [6.07, 6.45) is 1.68. The standard InChI is InChI=1S/C10H17N3O2/c1-4-7(2)11-10(15)8-5-6-9(14)13(3)12-8/h7H,4-6H2,1-3H3,(H,11,15)/t7-/m1/s1. The Hall–Kier alpha value is -1.39. The molecule has 0 fully saturated rings. The topological polar surface area (TPSA) is 61.8 Å². The van der Waals surface area contributed by atoms with Crippen LogP contribution in [0.2, 0.25) is 0 Å². The molecule has 1 heterocycles. The minimum atomic E-state index is -0.163. The number of nitrogens with zero attached hydrogens (tertiary/aromatic N) is 2. The number of carbonyl (C=O) groups excluding carboxylic acids is 2. The maximum atomic E-state index is 11.6. The van der Waals surface area contributed by atoms with Crippen molar-refractivity contribution in [2.24, 2.45) is 5.10 Å². The Morgan fingerprint density at radius 1 is 1.60 bits per heavy atom. The second kappa shape index (κ2) is 4.91. The van der Waals surface area contributed by atoms with Crippen molar-refractivity contribution in [2.75, 3.05) is 7.05 Å². The second-order valence-electron chi connectivity index (χ2n) is 3.75. The summed E-state index contributed by atoms with van der Waals surface area (Å²) in [6, 6.07) is 0.142. The van der Waals surface area contributed by atoms with Gasteiger partial charge in [-0.25, -0.2) is 5.01 Å². The largest absolute Gasteiger partial charge is 0.348 e. The highest BCUT2D eigenvalue weighted by Crippen LogP contribution is 2.07. The monoisotopic (exact) mass is 211 g/mol. The Balaban J connectivity index is 2.61. The van der Waals surface area contributed by atoms with Crippen molar-refractivity contribution >= 4 is 17.5 Å². The number of hydrogen-bond donors (Lipinski definition) is 1. The molecule has 5 heteroatoms. The molecule has 1 aliphatic rings. The fourth-order valence-corrected chi connectivity index (χ4v) is 1.24. The van der Waals surface area contributed by atoms with Crippen LogP contribution in [0.5, 0.6) is 0 Å². The molecule has 0 aliphatic carbocycles. The minimum absolute atomic E-state index is 0.0462. The third kappa shape index (κ3) is 3.04. The van der Waals surface area contributed by atoms with E-state index in [9.17, 15) is 9.59 Å². The number of rotatable bonds is 3. The van der Waals surface area contributed by atoms with E-state index in [1.54, 1.807) is 7.05 Å². The molecule has 0 saturated heterocycles. The van der Waals surface area contributed by atoms with E-state index in [4.69, 9.17) is 0 Å². The molecule has 0 unspecified atom stereocenters. The number of hydrogen-bond acceptors (Lipinski definition) is 3. The van der Waals surface area contributed by atoms with Gasteiger partial charge in [-0.3, -0.25) is 9.59 Å². The Kier molecular flexibility index (Phi) is 3.82. The van der Waals surface area contributed by atoms with Crippen LogP contribution in [0.25, 0.3) is 0 Å². The average molecular weight is 211 g/mol. The van der Waals surface area contributed by atoms with Gasteiger partial charge in [0.2, 0.25) is 5.91 Å². The van der Waals surface area contributed by atoms with Crippen LogP contribution in [0.4, 0.5) is 0 Å². The molecule has 15 heavy (non-hydrogen) atoms. The van der Waals surface area contributed by atoms with Gasteiger partial charge < -0.3 is 5.32 Å². The summed E-state index contributed by atoms with van der Waals surface area (Å²) in [4.78, 5) is 22.8. The Bertz CT molecular complexity index is 299. The molecular weight excluding hydrogens is 194 g/mol. The molecule has 0 aromatic carbocycles. The highest BCUT2D eigenvalue weighted by atomic mass is 16.2. The molecule has 0 aromatic heterocycles. The lowest BCUT2D eigenvalue weighted by Crippen LogP contribution is -2.41. The predicted octanol–water partition coefficient (Wildman–Crippen LogP) is 0.509. The summed E-state index contributed by atoms with van der Waals surface area (Å²) in [5.74, 6) is -0.209. The third-order valence-electron chi connectivity index (χ3n) is 2.46. The van der Waals surface area contributed by atoms with Gasteiger partial charge in [0.15, 0.2) is 0 Å². The number of amides is 2. The van der Waals surface area contributed by atoms with Crippen LogP contribution in [0, 0.1) is 0 Å². The molecule has 0 radical (unpaired) electrons. The van der Waals surface area contributed by atoms with Crippen LogP contribution < -0.4 is 5.32 Å². The van der Waals surface area contributed by atoms with Crippen LogP contribution in [-0.4, -0.2) is 35.6 Å². The van der Waals surface area contributed by atoms with E-state index in [1.165, 1.54) is 5.01 Å². The fourth-order valence-electron chi connectivity index (χ4n) is 1.24. The predicted molar refractivity (Wildman–Crippen MR) is 57.3 cm³/mol.